The molecule has 2 heterocycles. The third kappa shape index (κ3) is 3.91. The Balaban J connectivity index is 1.36. The SMILES string of the molecule is CCn1c(CN(C)C(=O)CSCc2nc3ccccc3s2)nc2ccccc21. The fourth-order valence-electron chi connectivity index (χ4n) is 3.22. The van der Waals surface area contributed by atoms with Gasteiger partial charge in [0.25, 0.3) is 0 Å². The van der Waals surface area contributed by atoms with E-state index in [0.29, 0.717) is 12.3 Å². The van der Waals surface area contributed by atoms with E-state index in [2.05, 4.69) is 28.6 Å². The molecule has 0 unspecified atom stereocenters. The lowest BCUT2D eigenvalue weighted by atomic mass is 10.3. The molecule has 0 aliphatic heterocycles. The minimum Gasteiger partial charge on any atom is -0.338 e. The zero-order chi connectivity index (χ0) is 19.5. The van der Waals surface area contributed by atoms with E-state index in [1.165, 1.54) is 4.70 Å². The topological polar surface area (TPSA) is 51.0 Å². The number of imidazole rings is 1. The minimum absolute atomic E-state index is 0.112. The largest absolute Gasteiger partial charge is 0.338 e. The number of carbonyl (C=O) groups is 1. The molecule has 5 nitrogen and oxygen atoms in total. The third-order valence-electron chi connectivity index (χ3n) is 4.64. The summed E-state index contributed by atoms with van der Waals surface area (Å²) in [5.74, 6) is 2.24. The molecule has 0 N–H and O–H groups in total. The maximum atomic E-state index is 12.6. The molecular weight excluding hydrogens is 388 g/mol. The van der Waals surface area contributed by atoms with Crippen LogP contribution < -0.4 is 0 Å². The molecule has 0 fully saturated rings. The molecule has 4 rings (SSSR count). The molecule has 0 atom stereocenters. The molecule has 0 spiro atoms. The summed E-state index contributed by atoms with van der Waals surface area (Å²) >= 11 is 3.31. The Labute approximate surface area is 172 Å². The van der Waals surface area contributed by atoms with E-state index in [0.717, 1.165) is 39.7 Å². The van der Waals surface area contributed by atoms with Crippen molar-refractivity contribution in [3.05, 3.63) is 59.4 Å². The van der Waals surface area contributed by atoms with Gasteiger partial charge in [-0.2, -0.15) is 0 Å². The Kier molecular flexibility index (Phi) is 5.64. The summed E-state index contributed by atoms with van der Waals surface area (Å²) in [6.45, 7) is 3.46. The summed E-state index contributed by atoms with van der Waals surface area (Å²) < 4.78 is 3.37. The molecule has 0 saturated carbocycles. The first-order valence-electron chi connectivity index (χ1n) is 9.26. The highest BCUT2D eigenvalue weighted by Crippen LogP contribution is 2.25. The lowest BCUT2D eigenvalue weighted by molar-refractivity contribution is -0.127. The Hall–Kier alpha value is -2.38. The molecule has 2 aromatic carbocycles. The number of hydrogen-bond donors (Lipinski definition) is 0. The zero-order valence-corrected chi connectivity index (χ0v) is 17.6. The predicted octanol–water partition coefficient (Wildman–Crippen LogP) is 4.56. The summed E-state index contributed by atoms with van der Waals surface area (Å²) in [7, 11) is 1.85. The molecule has 1 amide bonds. The number of thiazole rings is 1. The first kappa shape index (κ1) is 19.0. The first-order valence-corrected chi connectivity index (χ1v) is 11.2. The molecule has 144 valence electrons. The van der Waals surface area contributed by atoms with Crippen LogP contribution in [0.15, 0.2) is 48.5 Å². The molecule has 0 aliphatic rings. The van der Waals surface area contributed by atoms with Crippen LogP contribution in [0.3, 0.4) is 0 Å². The molecule has 28 heavy (non-hydrogen) atoms. The van der Waals surface area contributed by atoms with Crippen molar-refractivity contribution in [2.75, 3.05) is 12.8 Å². The maximum absolute atomic E-state index is 12.6. The van der Waals surface area contributed by atoms with Crippen LogP contribution in [-0.2, 0) is 23.6 Å². The van der Waals surface area contributed by atoms with Crippen molar-refractivity contribution in [3.8, 4) is 0 Å². The lowest BCUT2D eigenvalue weighted by Crippen LogP contribution is -2.29. The van der Waals surface area contributed by atoms with Crippen LogP contribution in [-0.4, -0.2) is 38.1 Å². The second kappa shape index (κ2) is 8.32. The number of thioether (sulfide) groups is 1. The van der Waals surface area contributed by atoms with Gasteiger partial charge < -0.3 is 9.47 Å². The van der Waals surface area contributed by atoms with Crippen LogP contribution in [0.2, 0.25) is 0 Å². The minimum atomic E-state index is 0.112. The highest BCUT2D eigenvalue weighted by molar-refractivity contribution is 7.99. The van der Waals surface area contributed by atoms with E-state index in [1.54, 1.807) is 28.0 Å². The van der Waals surface area contributed by atoms with Gasteiger partial charge in [0, 0.05) is 19.3 Å². The summed E-state index contributed by atoms with van der Waals surface area (Å²) in [5, 5.41) is 1.06. The molecule has 2 aromatic heterocycles. The van der Waals surface area contributed by atoms with E-state index in [4.69, 9.17) is 4.98 Å². The van der Waals surface area contributed by atoms with Crippen LogP contribution in [0, 0.1) is 0 Å². The van der Waals surface area contributed by atoms with E-state index in [1.807, 2.05) is 43.4 Å². The number of aryl methyl sites for hydroxylation is 1. The van der Waals surface area contributed by atoms with Crippen LogP contribution >= 0.6 is 23.1 Å². The fourth-order valence-corrected chi connectivity index (χ4v) is 5.20. The first-order chi connectivity index (χ1) is 13.7. The third-order valence-corrected chi connectivity index (χ3v) is 6.79. The van der Waals surface area contributed by atoms with Gasteiger partial charge >= 0.3 is 0 Å². The number of para-hydroxylation sites is 3. The van der Waals surface area contributed by atoms with Crippen molar-refractivity contribution >= 4 is 50.3 Å². The molecule has 0 bridgehead atoms. The van der Waals surface area contributed by atoms with Gasteiger partial charge in [0.1, 0.15) is 10.8 Å². The average molecular weight is 411 g/mol. The smallest absolute Gasteiger partial charge is 0.232 e. The van der Waals surface area contributed by atoms with Gasteiger partial charge in [-0.15, -0.1) is 23.1 Å². The van der Waals surface area contributed by atoms with E-state index < -0.39 is 0 Å². The van der Waals surface area contributed by atoms with Gasteiger partial charge in [-0.3, -0.25) is 4.79 Å². The Morgan fingerprint density at radius 2 is 1.86 bits per heavy atom. The number of benzene rings is 2. The second-order valence-electron chi connectivity index (χ2n) is 6.58. The summed E-state index contributed by atoms with van der Waals surface area (Å²) in [4.78, 5) is 23.7. The summed E-state index contributed by atoms with van der Waals surface area (Å²) in [6, 6.07) is 16.2. The van der Waals surface area contributed by atoms with Crippen molar-refractivity contribution in [2.45, 2.75) is 25.8 Å². The van der Waals surface area contributed by atoms with Crippen LogP contribution in [0.4, 0.5) is 0 Å². The highest BCUT2D eigenvalue weighted by Gasteiger charge is 2.15. The van der Waals surface area contributed by atoms with Gasteiger partial charge in [-0.1, -0.05) is 24.3 Å². The Morgan fingerprint density at radius 1 is 1.11 bits per heavy atom. The van der Waals surface area contributed by atoms with Gasteiger partial charge in [-0.25, -0.2) is 9.97 Å². The predicted molar refractivity (Wildman–Crippen MR) is 118 cm³/mol. The number of nitrogens with zero attached hydrogens (tertiary/aromatic N) is 4. The molecule has 4 aromatic rings. The van der Waals surface area contributed by atoms with Crippen LogP contribution in [0.25, 0.3) is 21.3 Å². The molecular formula is C21H22N4OS2. The quantitative estimate of drug-likeness (QED) is 0.448. The number of hydrogen-bond acceptors (Lipinski definition) is 5. The van der Waals surface area contributed by atoms with E-state index in [-0.39, 0.29) is 5.91 Å². The number of carbonyl (C=O) groups excluding carboxylic acids is 1. The molecule has 7 heteroatoms. The standard InChI is InChI=1S/C21H22N4OS2/c1-3-25-17-10-6-4-8-15(17)22-19(25)12-24(2)21(26)14-27-13-20-23-16-9-5-7-11-18(16)28-20/h4-11H,3,12-14H2,1-2H3. The van der Waals surface area contributed by atoms with Gasteiger partial charge in [0.05, 0.1) is 33.5 Å². The fraction of sp³-hybridized carbons (Fsp3) is 0.286. The number of fused-ring (bicyclic) bond motifs is 2. The highest BCUT2D eigenvalue weighted by atomic mass is 32.2. The zero-order valence-electron chi connectivity index (χ0n) is 16.0. The van der Waals surface area contributed by atoms with Crippen molar-refractivity contribution in [2.24, 2.45) is 0 Å². The Bertz CT molecular complexity index is 1080. The second-order valence-corrected chi connectivity index (χ2v) is 8.68. The van der Waals surface area contributed by atoms with Crippen molar-refractivity contribution in [1.29, 1.82) is 0 Å². The van der Waals surface area contributed by atoms with Crippen molar-refractivity contribution < 1.29 is 4.79 Å². The van der Waals surface area contributed by atoms with Crippen molar-refractivity contribution in [1.82, 2.24) is 19.4 Å². The Morgan fingerprint density at radius 3 is 2.64 bits per heavy atom. The van der Waals surface area contributed by atoms with Gasteiger partial charge in [0.15, 0.2) is 0 Å². The van der Waals surface area contributed by atoms with Gasteiger partial charge in [-0.05, 0) is 31.2 Å². The van der Waals surface area contributed by atoms with Crippen LogP contribution in [0.5, 0.6) is 0 Å². The molecule has 0 aliphatic carbocycles. The van der Waals surface area contributed by atoms with E-state index in [9.17, 15) is 4.79 Å². The number of amides is 1. The molecule has 0 radical (unpaired) electrons. The molecule has 0 saturated heterocycles. The van der Waals surface area contributed by atoms with Crippen LogP contribution in [0.1, 0.15) is 17.8 Å². The van der Waals surface area contributed by atoms with Gasteiger partial charge in [0.2, 0.25) is 5.91 Å². The number of rotatable bonds is 7. The average Bonchev–Trinajstić information content (AvgIpc) is 3.27. The van der Waals surface area contributed by atoms with E-state index >= 15 is 0 Å². The number of aromatic nitrogens is 3. The maximum Gasteiger partial charge on any atom is 0.232 e. The monoisotopic (exact) mass is 410 g/mol. The normalized spacial score (nSPS) is 11.4. The summed E-state index contributed by atoms with van der Waals surface area (Å²) in [6.07, 6.45) is 0. The lowest BCUT2D eigenvalue weighted by Gasteiger charge is -2.17. The summed E-state index contributed by atoms with van der Waals surface area (Å²) in [5.41, 5.74) is 3.13. The van der Waals surface area contributed by atoms with Crippen molar-refractivity contribution in [3.63, 3.8) is 0 Å².